The second-order valence-corrected chi connectivity index (χ2v) is 6.22. The van der Waals surface area contributed by atoms with Crippen LogP contribution >= 0.6 is 24.0 Å². The SMILES string of the molecule is CNCC1CCCN(CC(C)c2cccc(Cl)c2)C1.Cl. The van der Waals surface area contributed by atoms with Crippen LogP contribution in [0.25, 0.3) is 0 Å². The van der Waals surface area contributed by atoms with Crippen molar-refractivity contribution in [1.82, 2.24) is 10.2 Å². The van der Waals surface area contributed by atoms with Crippen molar-refractivity contribution in [3.63, 3.8) is 0 Å². The lowest BCUT2D eigenvalue weighted by atomic mass is 9.95. The molecule has 1 aliphatic rings. The Labute approximate surface area is 134 Å². The van der Waals surface area contributed by atoms with Crippen LogP contribution in [0.15, 0.2) is 24.3 Å². The molecule has 2 nitrogen and oxygen atoms in total. The molecule has 2 unspecified atom stereocenters. The summed E-state index contributed by atoms with van der Waals surface area (Å²) in [6.45, 7) is 7.05. The number of hydrogen-bond donors (Lipinski definition) is 1. The predicted molar refractivity (Wildman–Crippen MR) is 90.2 cm³/mol. The smallest absolute Gasteiger partial charge is 0.0408 e. The van der Waals surface area contributed by atoms with Crippen molar-refractivity contribution in [1.29, 1.82) is 0 Å². The zero-order valence-corrected chi connectivity index (χ0v) is 14.0. The van der Waals surface area contributed by atoms with Crippen molar-refractivity contribution in [2.45, 2.75) is 25.7 Å². The Kier molecular flexibility index (Phi) is 7.90. The van der Waals surface area contributed by atoms with Crippen LogP contribution in [0.2, 0.25) is 5.02 Å². The minimum atomic E-state index is 0. The minimum Gasteiger partial charge on any atom is -0.319 e. The minimum absolute atomic E-state index is 0. The average molecular weight is 317 g/mol. The zero-order valence-electron chi connectivity index (χ0n) is 12.4. The summed E-state index contributed by atoms with van der Waals surface area (Å²) in [5, 5.41) is 4.15. The van der Waals surface area contributed by atoms with E-state index in [2.05, 4.69) is 29.3 Å². The molecular formula is C16H26Cl2N2. The number of benzene rings is 1. The number of piperidine rings is 1. The van der Waals surface area contributed by atoms with E-state index in [1.807, 2.05) is 19.2 Å². The first kappa shape index (κ1) is 17.8. The van der Waals surface area contributed by atoms with Crippen LogP contribution in [0.1, 0.15) is 31.2 Å². The predicted octanol–water partition coefficient (Wildman–Crippen LogP) is 3.80. The van der Waals surface area contributed by atoms with E-state index in [1.165, 1.54) is 31.5 Å². The van der Waals surface area contributed by atoms with Crippen molar-refractivity contribution in [3.05, 3.63) is 34.9 Å². The maximum Gasteiger partial charge on any atom is 0.0408 e. The van der Waals surface area contributed by atoms with Crippen LogP contribution in [0.4, 0.5) is 0 Å². The van der Waals surface area contributed by atoms with Crippen molar-refractivity contribution in [2.75, 3.05) is 33.2 Å². The van der Waals surface area contributed by atoms with E-state index in [0.29, 0.717) is 5.92 Å². The molecule has 1 aromatic rings. The molecule has 1 N–H and O–H groups in total. The Balaban J connectivity index is 0.00000200. The van der Waals surface area contributed by atoms with Crippen molar-refractivity contribution >= 4 is 24.0 Å². The summed E-state index contributed by atoms with van der Waals surface area (Å²) in [7, 11) is 2.05. The summed E-state index contributed by atoms with van der Waals surface area (Å²) in [6, 6.07) is 8.28. The Morgan fingerprint density at radius 3 is 2.95 bits per heavy atom. The molecule has 0 radical (unpaired) electrons. The van der Waals surface area contributed by atoms with E-state index in [1.54, 1.807) is 0 Å². The molecule has 114 valence electrons. The molecule has 0 spiro atoms. The standard InChI is InChI=1S/C16H25ClN2.ClH/c1-13(15-6-3-7-16(17)9-15)11-19-8-4-5-14(12-19)10-18-2;/h3,6-7,9,13-14,18H,4-5,8,10-12H2,1-2H3;1H. The van der Waals surface area contributed by atoms with Gasteiger partial charge in [0, 0.05) is 18.1 Å². The lowest BCUT2D eigenvalue weighted by Crippen LogP contribution is -2.40. The van der Waals surface area contributed by atoms with Crippen LogP contribution in [0.3, 0.4) is 0 Å². The van der Waals surface area contributed by atoms with Gasteiger partial charge in [0.2, 0.25) is 0 Å². The van der Waals surface area contributed by atoms with Crippen LogP contribution in [-0.4, -0.2) is 38.1 Å². The topological polar surface area (TPSA) is 15.3 Å². The van der Waals surface area contributed by atoms with Gasteiger partial charge in [-0.2, -0.15) is 0 Å². The summed E-state index contributed by atoms with van der Waals surface area (Å²) >= 11 is 6.07. The first-order valence-electron chi connectivity index (χ1n) is 7.31. The molecule has 4 heteroatoms. The van der Waals surface area contributed by atoms with Gasteiger partial charge in [0.25, 0.3) is 0 Å². The third-order valence-electron chi connectivity index (χ3n) is 4.05. The lowest BCUT2D eigenvalue weighted by molar-refractivity contribution is 0.167. The fourth-order valence-corrected chi connectivity index (χ4v) is 3.28. The van der Waals surface area contributed by atoms with Gasteiger partial charge in [-0.1, -0.05) is 30.7 Å². The van der Waals surface area contributed by atoms with Crippen molar-refractivity contribution < 1.29 is 0 Å². The van der Waals surface area contributed by atoms with E-state index in [9.17, 15) is 0 Å². The van der Waals surface area contributed by atoms with Crippen LogP contribution in [0.5, 0.6) is 0 Å². The van der Waals surface area contributed by atoms with E-state index in [4.69, 9.17) is 11.6 Å². The molecule has 2 atom stereocenters. The summed E-state index contributed by atoms with van der Waals surface area (Å²) in [5.74, 6) is 1.36. The van der Waals surface area contributed by atoms with Crippen molar-refractivity contribution in [2.24, 2.45) is 5.92 Å². The number of halogens is 2. The van der Waals surface area contributed by atoms with Gasteiger partial charge in [0.1, 0.15) is 0 Å². The highest BCUT2D eigenvalue weighted by Crippen LogP contribution is 2.23. The Hall–Kier alpha value is -0.280. The third kappa shape index (κ3) is 5.25. The summed E-state index contributed by atoms with van der Waals surface area (Å²) in [6.07, 6.45) is 2.69. The van der Waals surface area contributed by atoms with Crippen LogP contribution in [-0.2, 0) is 0 Å². The molecule has 1 fully saturated rings. The highest BCUT2D eigenvalue weighted by atomic mass is 35.5. The molecule has 0 bridgehead atoms. The highest BCUT2D eigenvalue weighted by molar-refractivity contribution is 6.30. The fourth-order valence-electron chi connectivity index (χ4n) is 3.08. The number of nitrogens with one attached hydrogen (secondary N) is 1. The molecule has 1 aliphatic heterocycles. The second kappa shape index (κ2) is 8.89. The number of likely N-dealkylation sites (tertiary alicyclic amines) is 1. The molecular weight excluding hydrogens is 291 g/mol. The van der Waals surface area contributed by atoms with Crippen LogP contribution < -0.4 is 5.32 Å². The van der Waals surface area contributed by atoms with Crippen molar-refractivity contribution in [3.8, 4) is 0 Å². The maximum atomic E-state index is 6.07. The van der Waals surface area contributed by atoms with E-state index >= 15 is 0 Å². The first-order chi connectivity index (χ1) is 9.19. The molecule has 0 amide bonds. The van der Waals surface area contributed by atoms with Gasteiger partial charge in [0.15, 0.2) is 0 Å². The van der Waals surface area contributed by atoms with Gasteiger partial charge in [-0.15, -0.1) is 12.4 Å². The van der Waals surface area contributed by atoms with Crippen LogP contribution in [0, 0.1) is 5.92 Å². The number of rotatable bonds is 5. The van der Waals surface area contributed by atoms with Gasteiger partial charge in [-0.05, 0) is 62.5 Å². The number of hydrogen-bond acceptors (Lipinski definition) is 2. The monoisotopic (exact) mass is 316 g/mol. The quantitative estimate of drug-likeness (QED) is 0.889. The molecule has 20 heavy (non-hydrogen) atoms. The zero-order chi connectivity index (χ0) is 13.7. The molecule has 0 aliphatic carbocycles. The third-order valence-corrected chi connectivity index (χ3v) is 4.28. The molecule has 0 saturated carbocycles. The fraction of sp³-hybridized carbons (Fsp3) is 0.625. The van der Waals surface area contributed by atoms with Gasteiger partial charge in [0.05, 0.1) is 0 Å². The number of nitrogens with zero attached hydrogens (tertiary/aromatic N) is 1. The largest absolute Gasteiger partial charge is 0.319 e. The Morgan fingerprint density at radius 1 is 1.45 bits per heavy atom. The maximum absolute atomic E-state index is 6.07. The van der Waals surface area contributed by atoms with Gasteiger partial charge >= 0.3 is 0 Å². The van der Waals surface area contributed by atoms with E-state index in [-0.39, 0.29) is 12.4 Å². The average Bonchev–Trinajstić information content (AvgIpc) is 2.39. The summed E-state index contributed by atoms with van der Waals surface area (Å²) in [4.78, 5) is 2.61. The van der Waals surface area contributed by atoms with Gasteiger partial charge in [-0.25, -0.2) is 0 Å². The molecule has 1 heterocycles. The summed E-state index contributed by atoms with van der Waals surface area (Å²) < 4.78 is 0. The molecule has 2 rings (SSSR count). The van der Waals surface area contributed by atoms with E-state index in [0.717, 1.165) is 24.0 Å². The molecule has 1 saturated heterocycles. The second-order valence-electron chi connectivity index (χ2n) is 5.78. The Morgan fingerprint density at radius 2 is 2.25 bits per heavy atom. The van der Waals surface area contributed by atoms with Gasteiger partial charge < -0.3 is 10.2 Å². The molecule has 1 aromatic carbocycles. The highest BCUT2D eigenvalue weighted by Gasteiger charge is 2.21. The summed E-state index contributed by atoms with van der Waals surface area (Å²) in [5.41, 5.74) is 1.35. The Bertz CT molecular complexity index is 396. The first-order valence-corrected chi connectivity index (χ1v) is 7.69. The van der Waals surface area contributed by atoms with E-state index < -0.39 is 0 Å². The normalized spacial score (nSPS) is 21.2. The van der Waals surface area contributed by atoms with Gasteiger partial charge in [-0.3, -0.25) is 0 Å². The molecule has 0 aromatic heterocycles. The lowest BCUT2D eigenvalue weighted by Gasteiger charge is -2.34.